The Morgan fingerprint density at radius 2 is 2.07 bits per heavy atom. The van der Waals surface area contributed by atoms with E-state index >= 15 is 0 Å². The van der Waals surface area contributed by atoms with Crippen LogP contribution in [0.4, 0.5) is 0 Å². The van der Waals surface area contributed by atoms with Gasteiger partial charge in [0.1, 0.15) is 6.10 Å². The van der Waals surface area contributed by atoms with Crippen LogP contribution < -0.4 is 0 Å². The summed E-state index contributed by atoms with van der Waals surface area (Å²) in [6.45, 7) is 0. The molecule has 2 rings (SSSR count). The van der Waals surface area contributed by atoms with Gasteiger partial charge in [-0.3, -0.25) is 4.79 Å². The van der Waals surface area contributed by atoms with E-state index in [2.05, 4.69) is 0 Å². The van der Waals surface area contributed by atoms with Crippen LogP contribution in [0.2, 0.25) is 0 Å². The van der Waals surface area contributed by atoms with E-state index < -0.39 is 3.79 Å². The van der Waals surface area contributed by atoms with Crippen molar-refractivity contribution in [3.63, 3.8) is 0 Å². The number of esters is 1. The van der Waals surface area contributed by atoms with Crippen LogP contribution >= 0.6 is 34.8 Å². The quantitative estimate of drug-likeness (QED) is 0.532. The zero-order chi connectivity index (χ0) is 10.4. The molecule has 2 aliphatic rings. The van der Waals surface area contributed by atoms with Gasteiger partial charge in [-0.25, -0.2) is 0 Å². The Kier molecular flexibility index (Phi) is 2.66. The third-order valence-electron chi connectivity index (χ3n) is 3.22. The molecule has 5 heteroatoms. The molecule has 1 saturated heterocycles. The zero-order valence-corrected chi connectivity index (χ0v) is 9.83. The summed E-state index contributed by atoms with van der Waals surface area (Å²) >= 11 is 17.1. The molecule has 0 bridgehead atoms. The molecular weight excluding hydrogens is 246 g/mol. The second-order valence-corrected chi connectivity index (χ2v) is 6.71. The number of ether oxygens (including phenoxy) is 1. The molecule has 80 valence electrons. The maximum Gasteiger partial charge on any atom is 0.306 e. The van der Waals surface area contributed by atoms with Crippen LogP contribution in [0, 0.1) is 5.41 Å². The van der Waals surface area contributed by atoms with Crippen molar-refractivity contribution in [1.82, 2.24) is 0 Å². The second-order valence-electron chi connectivity index (χ2n) is 4.19. The smallest absolute Gasteiger partial charge is 0.306 e. The van der Waals surface area contributed by atoms with Crippen molar-refractivity contribution < 1.29 is 9.53 Å². The number of carbonyl (C=O) groups is 1. The minimum atomic E-state index is -1.32. The predicted molar refractivity (Wildman–Crippen MR) is 55.7 cm³/mol. The van der Waals surface area contributed by atoms with E-state index in [0.717, 1.165) is 19.3 Å². The molecule has 0 amide bonds. The standard InChI is InChI=1S/C9H11Cl3O2/c10-9(11,12)4-6-8(2-1-3-8)5-7(13)14-6/h6H,1-5H2. The van der Waals surface area contributed by atoms with E-state index in [1.807, 2.05) is 0 Å². The highest BCUT2D eigenvalue weighted by Gasteiger charge is 2.54. The summed E-state index contributed by atoms with van der Waals surface area (Å²) in [6.07, 6.45) is 3.79. The summed E-state index contributed by atoms with van der Waals surface area (Å²) in [6, 6.07) is 0. The molecule has 1 saturated carbocycles. The minimum Gasteiger partial charge on any atom is -0.462 e. The van der Waals surface area contributed by atoms with E-state index in [9.17, 15) is 4.79 Å². The lowest BCUT2D eigenvalue weighted by molar-refractivity contribution is -0.142. The Morgan fingerprint density at radius 3 is 2.50 bits per heavy atom. The summed E-state index contributed by atoms with van der Waals surface area (Å²) in [5, 5.41) is 0. The molecule has 14 heavy (non-hydrogen) atoms. The molecule has 1 unspecified atom stereocenters. The third kappa shape index (κ3) is 1.98. The number of alkyl halides is 3. The van der Waals surface area contributed by atoms with Gasteiger partial charge in [-0.1, -0.05) is 41.2 Å². The van der Waals surface area contributed by atoms with Crippen LogP contribution in [-0.4, -0.2) is 15.9 Å². The molecule has 0 radical (unpaired) electrons. The van der Waals surface area contributed by atoms with Crippen molar-refractivity contribution in [3.05, 3.63) is 0 Å². The maximum atomic E-state index is 11.2. The van der Waals surface area contributed by atoms with Crippen LogP contribution in [0.3, 0.4) is 0 Å². The summed E-state index contributed by atoms with van der Waals surface area (Å²) < 4.78 is 3.88. The average molecular weight is 258 g/mol. The van der Waals surface area contributed by atoms with E-state index in [4.69, 9.17) is 39.5 Å². The Morgan fingerprint density at radius 1 is 1.43 bits per heavy atom. The zero-order valence-electron chi connectivity index (χ0n) is 7.56. The molecule has 0 N–H and O–H groups in total. The van der Waals surface area contributed by atoms with Gasteiger partial charge in [0.2, 0.25) is 0 Å². The van der Waals surface area contributed by atoms with Crippen molar-refractivity contribution in [2.24, 2.45) is 5.41 Å². The summed E-state index contributed by atoms with van der Waals surface area (Å²) in [4.78, 5) is 11.2. The Bertz CT molecular complexity index is 255. The van der Waals surface area contributed by atoms with Gasteiger partial charge in [-0.05, 0) is 12.8 Å². The number of hydrogen-bond acceptors (Lipinski definition) is 2. The van der Waals surface area contributed by atoms with Gasteiger partial charge in [0.05, 0.1) is 6.42 Å². The van der Waals surface area contributed by atoms with E-state index in [0.29, 0.717) is 12.8 Å². The topological polar surface area (TPSA) is 26.3 Å². The highest BCUT2D eigenvalue weighted by atomic mass is 35.6. The highest BCUT2D eigenvalue weighted by molar-refractivity contribution is 6.67. The normalized spacial score (nSPS) is 30.2. The van der Waals surface area contributed by atoms with E-state index in [1.54, 1.807) is 0 Å². The fourth-order valence-corrected chi connectivity index (χ4v) is 2.75. The number of rotatable bonds is 1. The Labute approximate surface area is 97.8 Å². The van der Waals surface area contributed by atoms with Gasteiger partial charge in [0.15, 0.2) is 3.79 Å². The molecule has 1 aliphatic carbocycles. The first-order valence-corrected chi connectivity index (χ1v) is 5.81. The fourth-order valence-electron chi connectivity index (χ4n) is 2.32. The number of halogens is 3. The first kappa shape index (κ1) is 10.8. The molecule has 2 nitrogen and oxygen atoms in total. The number of cyclic esters (lactones) is 1. The summed E-state index contributed by atoms with van der Waals surface area (Å²) in [7, 11) is 0. The molecule has 0 aromatic carbocycles. The molecule has 0 aromatic heterocycles. The Balaban J connectivity index is 2.06. The summed E-state index contributed by atoms with van der Waals surface area (Å²) in [5.74, 6) is -0.149. The van der Waals surface area contributed by atoms with Crippen molar-refractivity contribution in [2.45, 2.75) is 42.0 Å². The van der Waals surface area contributed by atoms with Crippen LogP contribution in [0.15, 0.2) is 0 Å². The van der Waals surface area contributed by atoms with Crippen LogP contribution in [-0.2, 0) is 9.53 Å². The van der Waals surface area contributed by atoms with Crippen molar-refractivity contribution >= 4 is 40.8 Å². The molecule has 0 aromatic rings. The fraction of sp³-hybridized carbons (Fsp3) is 0.889. The maximum absolute atomic E-state index is 11.2. The van der Waals surface area contributed by atoms with E-state index in [1.165, 1.54) is 0 Å². The summed E-state index contributed by atoms with van der Waals surface area (Å²) in [5.41, 5.74) is -0.0129. The molecular formula is C9H11Cl3O2. The lowest BCUT2D eigenvalue weighted by atomic mass is 9.64. The first-order valence-electron chi connectivity index (χ1n) is 4.68. The number of hydrogen-bond donors (Lipinski definition) is 0. The largest absolute Gasteiger partial charge is 0.462 e. The highest BCUT2D eigenvalue weighted by Crippen LogP contribution is 2.54. The first-order chi connectivity index (χ1) is 6.41. The van der Waals surface area contributed by atoms with Gasteiger partial charge in [0.25, 0.3) is 0 Å². The predicted octanol–water partition coefficient (Wildman–Crippen LogP) is 3.23. The van der Waals surface area contributed by atoms with Crippen molar-refractivity contribution in [2.75, 3.05) is 0 Å². The lowest BCUT2D eigenvalue weighted by Gasteiger charge is -2.41. The molecule has 2 fully saturated rings. The molecule has 1 aliphatic heterocycles. The number of carbonyl (C=O) groups excluding carboxylic acids is 1. The van der Waals surface area contributed by atoms with Crippen molar-refractivity contribution in [3.8, 4) is 0 Å². The SMILES string of the molecule is O=C1CC2(CCC2)C(CC(Cl)(Cl)Cl)O1. The minimum absolute atomic E-state index is 0.0129. The van der Waals surface area contributed by atoms with Gasteiger partial charge in [0, 0.05) is 11.8 Å². The Hall–Kier alpha value is 0.340. The van der Waals surface area contributed by atoms with Crippen molar-refractivity contribution in [1.29, 1.82) is 0 Å². The lowest BCUT2D eigenvalue weighted by Crippen LogP contribution is -2.39. The monoisotopic (exact) mass is 256 g/mol. The van der Waals surface area contributed by atoms with Gasteiger partial charge in [-0.15, -0.1) is 0 Å². The molecule has 1 heterocycles. The van der Waals surface area contributed by atoms with Crippen LogP contribution in [0.5, 0.6) is 0 Å². The van der Waals surface area contributed by atoms with Gasteiger partial charge >= 0.3 is 5.97 Å². The average Bonchev–Trinajstić information content (AvgIpc) is 2.21. The molecule has 1 spiro atoms. The van der Waals surface area contributed by atoms with Crippen LogP contribution in [0.1, 0.15) is 32.1 Å². The molecule has 1 atom stereocenters. The van der Waals surface area contributed by atoms with E-state index in [-0.39, 0.29) is 17.5 Å². The van der Waals surface area contributed by atoms with Gasteiger partial charge in [-0.2, -0.15) is 0 Å². The van der Waals surface area contributed by atoms with Crippen LogP contribution in [0.25, 0.3) is 0 Å². The van der Waals surface area contributed by atoms with Gasteiger partial charge < -0.3 is 4.74 Å². The third-order valence-corrected chi connectivity index (χ3v) is 3.68. The second kappa shape index (κ2) is 3.43.